The molecule has 0 bridgehead atoms. The molecule has 0 aliphatic carbocycles. The van der Waals surface area contributed by atoms with E-state index in [0.717, 1.165) is 27.3 Å². The minimum absolute atomic E-state index is 0.0282. The summed E-state index contributed by atoms with van der Waals surface area (Å²) in [5, 5.41) is 13.2. The molecule has 184 valence electrons. The number of rotatable bonds is 4. The number of hydrogen-bond acceptors (Lipinski definition) is 4. The molecule has 0 aliphatic rings. The maximum atomic E-state index is 14.9. The predicted molar refractivity (Wildman–Crippen MR) is 132 cm³/mol. The van der Waals surface area contributed by atoms with Gasteiger partial charge in [-0.25, -0.2) is 13.9 Å². The first kappa shape index (κ1) is 25.4. The summed E-state index contributed by atoms with van der Waals surface area (Å²) in [6, 6.07) is 9.79. The highest BCUT2D eigenvalue weighted by molar-refractivity contribution is 14.1. The van der Waals surface area contributed by atoms with E-state index in [1.54, 1.807) is 6.92 Å². The molecule has 0 N–H and O–H groups in total. The minimum Gasteiger partial charge on any atom is -0.268 e. The van der Waals surface area contributed by atoms with Crippen molar-refractivity contribution in [2.45, 2.75) is 26.6 Å². The maximum Gasteiger partial charge on any atom is 0.416 e. The SMILES string of the molecule is CCn1c(=O)c(-c2c(I)cnn2-c2ccc(C#N)cc2F)c(C)n(-c2cccc(C(F)(F)F)c2)c1=O. The lowest BCUT2D eigenvalue weighted by molar-refractivity contribution is -0.137. The van der Waals surface area contributed by atoms with E-state index in [1.807, 2.05) is 28.7 Å². The van der Waals surface area contributed by atoms with Gasteiger partial charge in [0, 0.05) is 12.2 Å². The second-order valence-corrected chi connectivity index (χ2v) is 8.87. The molecule has 0 amide bonds. The summed E-state index contributed by atoms with van der Waals surface area (Å²) in [7, 11) is 0. The lowest BCUT2D eigenvalue weighted by Gasteiger charge is -2.19. The van der Waals surface area contributed by atoms with Crippen molar-refractivity contribution in [3.05, 3.63) is 95.7 Å². The summed E-state index contributed by atoms with van der Waals surface area (Å²) < 4.78 is 58.5. The molecule has 0 saturated carbocycles. The van der Waals surface area contributed by atoms with E-state index in [0.29, 0.717) is 3.57 Å². The van der Waals surface area contributed by atoms with Crippen molar-refractivity contribution in [2.24, 2.45) is 0 Å². The molecule has 0 radical (unpaired) electrons. The molecular formula is C24H16F4IN5O2. The van der Waals surface area contributed by atoms with E-state index >= 15 is 0 Å². The van der Waals surface area contributed by atoms with E-state index in [-0.39, 0.29) is 40.4 Å². The summed E-state index contributed by atoms with van der Waals surface area (Å²) in [6.45, 7) is 2.93. The lowest BCUT2D eigenvalue weighted by Crippen LogP contribution is -2.41. The van der Waals surface area contributed by atoms with Gasteiger partial charge in [0.25, 0.3) is 5.56 Å². The van der Waals surface area contributed by atoms with Crippen LogP contribution >= 0.6 is 22.6 Å². The number of hydrogen-bond donors (Lipinski definition) is 0. The molecule has 4 aromatic rings. The molecule has 0 spiro atoms. The molecule has 2 heterocycles. The standard InChI is InChI=1S/C24H16F4IN5O2/c1-3-32-22(35)20(13(2)33(23(32)36)16-6-4-5-15(10-16)24(26,27)28)21-18(29)12-31-34(21)19-8-7-14(11-30)9-17(19)25/h4-10,12H,3H2,1-2H3. The highest BCUT2D eigenvalue weighted by atomic mass is 127. The van der Waals surface area contributed by atoms with Gasteiger partial charge in [0.1, 0.15) is 11.5 Å². The Hall–Kier alpha value is -3.73. The molecule has 36 heavy (non-hydrogen) atoms. The Bertz CT molecular complexity index is 1660. The average molecular weight is 609 g/mol. The highest BCUT2D eigenvalue weighted by Gasteiger charge is 2.31. The van der Waals surface area contributed by atoms with Crippen LogP contribution in [0.5, 0.6) is 0 Å². The van der Waals surface area contributed by atoms with Gasteiger partial charge in [0.2, 0.25) is 0 Å². The fourth-order valence-electron chi connectivity index (χ4n) is 3.91. The van der Waals surface area contributed by atoms with Crippen molar-refractivity contribution < 1.29 is 17.6 Å². The van der Waals surface area contributed by atoms with Gasteiger partial charge in [0.05, 0.1) is 43.9 Å². The van der Waals surface area contributed by atoms with Crippen LogP contribution in [-0.2, 0) is 12.7 Å². The summed E-state index contributed by atoms with van der Waals surface area (Å²) >= 11 is 1.90. The first-order valence-electron chi connectivity index (χ1n) is 10.5. The van der Waals surface area contributed by atoms with E-state index in [1.165, 1.54) is 42.1 Å². The zero-order valence-corrected chi connectivity index (χ0v) is 20.9. The van der Waals surface area contributed by atoms with Crippen LogP contribution in [0.15, 0.2) is 58.3 Å². The number of aromatic nitrogens is 4. The van der Waals surface area contributed by atoms with Crippen LogP contribution < -0.4 is 11.2 Å². The first-order valence-corrected chi connectivity index (χ1v) is 11.6. The number of halogens is 5. The summed E-state index contributed by atoms with van der Waals surface area (Å²) in [6.07, 6.45) is -3.25. The maximum absolute atomic E-state index is 14.9. The van der Waals surface area contributed by atoms with Crippen LogP contribution in [0.4, 0.5) is 17.6 Å². The second-order valence-electron chi connectivity index (χ2n) is 7.71. The number of benzene rings is 2. The molecule has 0 unspecified atom stereocenters. The summed E-state index contributed by atoms with van der Waals surface area (Å²) in [5.41, 5.74) is -2.33. The Labute approximate surface area is 215 Å². The van der Waals surface area contributed by atoms with Gasteiger partial charge in [-0.2, -0.15) is 23.5 Å². The number of nitriles is 1. The Morgan fingerprint density at radius 3 is 2.47 bits per heavy atom. The number of nitrogens with zero attached hydrogens (tertiary/aromatic N) is 5. The second kappa shape index (κ2) is 9.38. The first-order chi connectivity index (χ1) is 17.0. The van der Waals surface area contributed by atoms with Crippen LogP contribution in [-0.4, -0.2) is 18.9 Å². The third-order valence-corrected chi connectivity index (χ3v) is 6.38. The molecule has 0 fully saturated rings. The van der Waals surface area contributed by atoms with Gasteiger partial charge in [-0.3, -0.25) is 13.9 Å². The normalized spacial score (nSPS) is 11.5. The van der Waals surface area contributed by atoms with Gasteiger partial charge in [-0.05, 0) is 72.8 Å². The van der Waals surface area contributed by atoms with Gasteiger partial charge in [-0.1, -0.05) is 6.07 Å². The van der Waals surface area contributed by atoms with Crippen LogP contribution in [0.25, 0.3) is 22.6 Å². The van der Waals surface area contributed by atoms with E-state index in [4.69, 9.17) is 5.26 Å². The smallest absolute Gasteiger partial charge is 0.268 e. The van der Waals surface area contributed by atoms with Crippen molar-refractivity contribution in [2.75, 3.05) is 0 Å². The van der Waals surface area contributed by atoms with Crippen LogP contribution in [0.2, 0.25) is 0 Å². The zero-order valence-electron chi connectivity index (χ0n) is 18.8. The molecule has 0 aliphatic heterocycles. The number of alkyl halides is 3. The molecular weight excluding hydrogens is 593 g/mol. The van der Waals surface area contributed by atoms with E-state index < -0.39 is 28.8 Å². The quantitative estimate of drug-likeness (QED) is 0.246. The third-order valence-electron chi connectivity index (χ3n) is 5.59. The van der Waals surface area contributed by atoms with Crippen molar-refractivity contribution in [3.8, 4) is 28.7 Å². The third kappa shape index (κ3) is 4.23. The molecule has 7 nitrogen and oxygen atoms in total. The zero-order chi connectivity index (χ0) is 26.4. The monoisotopic (exact) mass is 609 g/mol. The Balaban J connectivity index is 2.08. The van der Waals surface area contributed by atoms with Gasteiger partial charge in [-0.15, -0.1) is 0 Å². The van der Waals surface area contributed by atoms with Crippen molar-refractivity contribution >= 4 is 22.6 Å². The van der Waals surface area contributed by atoms with E-state index in [9.17, 15) is 27.2 Å². The minimum atomic E-state index is -4.64. The Morgan fingerprint density at radius 1 is 1.14 bits per heavy atom. The summed E-state index contributed by atoms with van der Waals surface area (Å²) in [4.78, 5) is 26.7. The highest BCUT2D eigenvalue weighted by Crippen LogP contribution is 2.32. The van der Waals surface area contributed by atoms with Crippen molar-refractivity contribution in [1.82, 2.24) is 18.9 Å². The van der Waals surface area contributed by atoms with E-state index in [2.05, 4.69) is 5.10 Å². The molecule has 2 aromatic heterocycles. The molecule has 2 aromatic carbocycles. The Morgan fingerprint density at radius 2 is 1.86 bits per heavy atom. The largest absolute Gasteiger partial charge is 0.416 e. The Kier molecular flexibility index (Phi) is 6.61. The van der Waals surface area contributed by atoms with Gasteiger partial charge in [0.15, 0.2) is 0 Å². The lowest BCUT2D eigenvalue weighted by atomic mass is 10.1. The molecule has 12 heteroatoms. The molecule has 0 atom stereocenters. The molecule has 0 saturated heterocycles. The van der Waals surface area contributed by atoms with Crippen molar-refractivity contribution in [1.29, 1.82) is 5.26 Å². The predicted octanol–water partition coefficient (Wildman–Crippen LogP) is 4.81. The van der Waals surface area contributed by atoms with Crippen LogP contribution in [0.1, 0.15) is 23.7 Å². The molecule has 4 rings (SSSR count). The average Bonchev–Trinajstić information content (AvgIpc) is 3.19. The summed E-state index contributed by atoms with van der Waals surface area (Å²) in [5.74, 6) is -0.769. The fraction of sp³-hybridized carbons (Fsp3) is 0.167. The van der Waals surface area contributed by atoms with Gasteiger partial charge < -0.3 is 0 Å². The fourth-order valence-corrected chi connectivity index (χ4v) is 4.54. The van der Waals surface area contributed by atoms with Crippen LogP contribution in [0.3, 0.4) is 0 Å². The van der Waals surface area contributed by atoms with Crippen LogP contribution in [0, 0.1) is 27.6 Å². The van der Waals surface area contributed by atoms with Crippen molar-refractivity contribution in [3.63, 3.8) is 0 Å². The topological polar surface area (TPSA) is 85.6 Å². The van der Waals surface area contributed by atoms with Gasteiger partial charge >= 0.3 is 11.9 Å².